The smallest absolute Gasteiger partial charge is 0.274 e. The fraction of sp³-hybridized carbons (Fsp3) is 0.350. The lowest BCUT2D eigenvalue weighted by Gasteiger charge is -2.18. The quantitative estimate of drug-likeness (QED) is 0.671. The Labute approximate surface area is 172 Å². The second kappa shape index (κ2) is 8.12. The number of thiophene rings is 1. The molecule has 0 radical (unpaired) electrons. The summed E-state index contributed by atoms with van der Waals surface area (Å²) in [6, 6.07) is 7.49. The SMILES string of the molecule is CC(=O)N[C@H]1CCN(C(=O)c2nc(N[C@@H](C)c3ccccn3)nc3ccsc23)C1. The molecule has 3 aromatic heterocycles. The highest BCUT2D eigenvalue weighted by atomic mass is 32.1. The first-order chi connectivity index (χ1) is 14.0. The summed E-state index contributed by atoms with van der Waals surface area (Å²) in [5.41, 5.74) is 2.00. The van der Waals surface area contributed by atoms with E-state index < -0.39 is 0 Å². The molecule has 2 atom stereocenters. The number of hydrogen-bond donors (Lipinski definition) is 2. The molecule has 29 heavy (non-hydrogen) atoms. The third-order valence-corrected chi connectivity index (χ3v) is 5.78. The Morgan fingerprint density at radius 3 is 2.90 bits per heavy atom. The molecular formula is C20H22N6O2S. The van der Waals surface area contributed by atoms with Gasteiger partial charge in [0.15, 0.2) is 5.69 Å². The molecule has 1 saturated heterocycles. The molecule has 9 heteroatoms. The summed E-state index contributed by atoms with van der Waals surface area (Å²) in [6.45, 7) is 4.55. The first kappa shape index (κ1) is 19.3. The van der Waals surface area contributed by atoms with Crippen LogP contribution in [-0.2, 0) is 4.79 Å². The van der Waals surface area contributed by atoms with Gasteiger partial charge in [-0.15, -0.1) is 11.3 Å². The first-order valence-electron chi connectivity index (χ1n) is 9.50. The Balaban J connectivity index is 1.58. The number of nitrogens with zero attached hydrogens (tertiary/aromatic N) is 4. The lowest BCUT2D eigenvalue weighted by atomic mass is 10.2. The highest BCUT2D eigenvalue weighted by molar-refractivity contribution is 7.17. The lowest BCUT2D eigenvalue weighted by molar-refractivity contribution is -0.119. The summed E-state index contributed by atoms with van der Waals surface area (Å²) in [5, 5.41) is 8.05. The number of nitrogens with one attached hydrogen (secondary N) is 2. The van der Waals surface area contributed by atoms with E-state index in [4.69, 9.17) is 0 Å². The zero-order valence-corrected chi connectivity index (χ0v) is 17.1. The van der Waals surface area contributed by atoms with Crippen LogP contribution in [0.15, 0.2) is 35.8 Å². The van der Waals surface area contributed by atoms with Crippen molar-refractivity contribution in [2.75, 3.05) is 18.4 Å². The highest BCUT2D eigenvalue weighted by Gasteiger charge is 2.30. The number of rotatable bonds is 5. The molecule has 0 aliphatic carbocycles. The van der Waals surface area contributed by atoms with E-state index in [0.717, 1.165) is 22.3 Å². The minimum atomic E-state index is -0.138. The highest BCUT2D eigenvalue weighted by Crippen LogP contribution is 2.27. The predicted octanol–water partition coefficient (Wildman–Crippen LogP) is 2.61. The van der Waals surface area contributed by atoms with Crippen molar-refractivity contribution in [3.8, 4) is 0 Å². The van der Waals surface area contributed by atoms with Gasteiger partial charge in [0.2, 0.25) is 11.9 Å². The van der Waals surface area contributed by atoms with Crippen LogP contribution in [0.4, 0.5) is 5.95 Å². The fourth-order valence-electron chi connectivity index (χ4n) is 3.47. The van der Waals surface area contributed by atoms with Crippen molar-refractivity contribution >= 4 is 39.3 Å². The van der Waals surface area contributed by atoms with Gasteiger partial charge in [-0.05, 0) is 36.9 Å². The molecule has 0 unspecified atom stereocenters. The van der Waals surface area contributed by atoms with Crippen LogP contribution in [-0.4, -0.2) is 50.8 Å². The number of carbonyl (C=O) groups is 2. The molecule has 4 heterocycles. The summed E-state index contributed by atoms with van der Waals surface area (Å²) in [5.74, 6) is 0.179. The van der Waals surface area contributed by atoms with Gasteiger partial charge in [0, 0.05) is 32.3 Å². The van der Waals surface area contributed by atoms with Crippen LogP contribution in [0.25, 0.3) is 10.2 Å². The summed E-state index contributed by atoms with van der Waals surface area (Å²) in [6.07, 6.45) is 2.48. The lowest BCUT2D eigenvalue weighted by Crippen LogP contribution is -2.37. The van der Waals surface area contributed by atoms with E-state index in [9.17, 15) is 9.59 Å². The van der Waals surface area contributed by atoms with Crippen LogP contribution in [0.1, 0.15) is 42.5 Å². The standard InChI is InChI=1S/C20H22N6O2S/c1-12(15-5-3-4-8-21-15)22-20-24-16-7-10-29-18(16)17(25-20)19(28)26-9-6-14(11-26)23-13(2)27/h3-5,7-8,10,12,14H,6,9,11H2,1-2H3,(H,23,27)(H,22,24,25)/t12-,14-/m0/s1. The van der Waals surface area contributed by atoms with Crippen molar-refractivity contribution in [3.63, 3.8) is 0 Å². The zero-order valence-electron chi connectivity index (χ0n) is 16.3. The van der Waals surface area contributed by atoms with Crippen LogP contribution in [0.5, 0.6) is 0 Å². The molecule has 0 bridgehead atoms. The van der Waals surface area contributed by atoms with Gasteiger partial charge in [-0.1, -0.05) is 6.07 Å². The normalized spacial score (nSPS) is 17.3. The summed E-state index contributed by atoms with van der Waals surface area (Å²) < 4.78 is 0.772. The van der Waals surface area contributed by atoms with E-state index in [0.29, 0.717) is 24.7 Å². The molecule has 0 saturated carbocycles. The van der Waals surface area contributed by atoms with Crippen LogP contribution in [0, 0.1) is 0 Å². The van der Waals surface area contributed by atoms with Crippen molar-refractivity contribution in [2.24, 2.45) is 0 Å². The van der Waals surface area contributed by atoms with Crippen LogP contribution in [0.2, 0.25) is 0 Å². The van der Waals surface area contributed by atoms with Gasteiger partial charge in [0.25, 0.3) is 5.91 Å². The first-order valence-corrected chi connectivity index (χ1v) is 10.4. The number of fused-ring (bicyclic) bond motifs is 1. The molecule has 3 aromatic rings. The van der Waals surface area contributed by atoms with Gasteiger partial charge >= 0.3 is 0 Å². The molecule has 2 N–H and O–H groups in total. The Morgan fingerprint density at radius 2 is 2.14 bits per heavy atom. The molecule has 0 aromatic carbocycles. The molecule has 8 nitrogen and oxygen atoms in total. The van der Waals surface area contributed by atoms with Gasteiger partial charge in [-0.25, -0.2) is 9.97 Å². The topological polar surface area (TPSA) is 100 Å². The maximum atomic E-state index is 13.2. The third-order valence-electron chi connectivity index (χ3n) is 4.87. The van der Waals surface area contributed by atoms with E-state index in [-0.39, 0.29) is 23.9 Å². The number of hydrogen-bond acceptors (Lipinski definition) is 7. The zero-order chi connectivity index (χ0) is 20.4. The molecule has 2 amide bonds. The molecule has 0 spiro atoms. The van der Waals surface area contributed by atoms with E-state index in [1.807, 2.05) is 36.6 Å². The molecule has 150 valence electrons. The van der Waals surface area contributed by atoms with Gasteiger partial charge in [0.05, 0.1) is 22.0 Å². The van der Waals surface area contributed by atoms with E-state index in [1.54, 1.807) is 11.1 Å². The Hall–Kier alpha value is -3.07. The van der Waals surface area contributed by atoms with Gasteiger partial charge in [-0.3, -0.25) is 14.6 Å². The largest absolute Gasteiger partial charge is 0.352 e. The maximum absolute atomic E-state index is 13.2. The summed E-state index contributed by atoms with van der Waals surface area (Å²) in [7, 11) is 0. The third kappa shape index (κ3) is 4.19. The van der Waals surface area contributed by atoms with Crippen molar-refractivity contribution in [1.29, 1.82) is 0 Å². The van der Waals surface area contributed by atoms with Gasteiger partial charge < -0.3 is 15.5 Å². The minimum Gasteiger partial charge on any atom is -0.352 e. The molecule has 4 rings (SSSR count). The van der Waals surface area contributed by atoms with Crippen molar-refractivity contribution in [3.05, 3.63) is 47.2 Å². The number of amides is 2. The second-order valence-corrected chi connectivity index (χ2v) is 8.00. The van der Waals surface area contributed by atoms with E-state index in [1.165, 1.54) is 18.3 Å². The Morgan fingerprint density at radius 1 is 1.28 bits per heavy atom. The number of anilines is 1. The summed E-state index contributed by atoms with van der Waals surface area (Å²) >= 11 is 1.45. The number of likely N-dealkylation sites (tertiary alicyclic amines) is 1. The van der Waals surface area contributed by atoms with Crippen molar-refractivity contribution in [1.82, 2.24) is 25.2 Å². The predicted molar refractivity (Wildman–Crippen MR) is 112 cm³/mol. The monoisotopic (exact) mass is 410 g/mol. The molecule has 1 aliphatic rings. The fourth-order valence-corrected chi connectivity index (χ4v) is 4.28. The molecule has 1 aliphatic heterocycles. The van der Waals surface area contributed by atoms with E-state index in [2.05, 4.69) is 25.6 Å². The molecule has 1 fully saturated rings. The maximum Gasteiger partial charge on any atom is 0.274 e. The average Bonchev–Trinajstić information content (AvgIpc) is 3.36. The van der Waals surface area contributed by atoms with Crippen molar-refractivity contribution < 1.29 is 9.59 Å². The second-order valence-electron chi connectivity index (χ2n) is 7.09. The number of carbonyl (C=O) groups excluding carboxylic acids is 2. The van der Waals surface area contributed by atoms with Crippen molar-refractivity contribution in [2.45, 2.75) is 32.4 Å². The van der Waals surface area contributed by atoms with Crippen LogP contribution >= 0.6 is 11.3 Å². The van der Waals surface area contributed by atoms with Crippen LogP contribution in [0.3, 0.4) is 0 Å². The molecular weight excluding hydrogens is 388 g/mol. The summed E-state index contributed by atoms with van der Waals surface area (Å²) in [4.78, 5) is 39.7. The Bertz CT molecular complexity index is 1040. The van der Waals surface area contributed by atoms with Crippen LogP contribution < -0.4 is 10.6 Å². The van der Waals surface area contributed by atoms with Gasteiger partial charge in [0.1, 0.15) is 0 Å². The average molecular weight is 411 g/mol. The van der Waals surface area contributed by atoms with Gasteiger partial charge in [-0.2, -0.15) is 0 Å². The Kier molecular flexibility index (Phi) is 5.39. The minimum absolute atomic E-state index is 0.0149. The number of pyridine rings is 1. The number of aromatic nitrogens is 3. The van der Waals surface area contributed by atoms with E-state index >= 15 is 0 Å².